The first kappa shape index (κ1) is 34.3. The minimum atomic E-state index is 0.615. The summed E-state index contributed by atoms with van der Waals surface area (Å²) in [5, 5.41) is 4.64. The Bertz CT molecular complexity index is 3210. The van der Waals surface area contributed by atoms with Gasteiger partial charge >= 0.3 is 0 Å². The van der Waals surface area contributed by atoms with Crippen LogP contribution in [-0.4, -0.2) is 15.0 Å². The van der Waals surface area contributed by atoms with Crippen LogP contribution in [0.3, 0.4) is 0 Å². The number of para-hydroxylation sites is 1. The molecule has 0 saturated carbocycles. The highest BCUT2D eigenvalue weighted by Gasteiger charge is 2.19. The fourth-order valence-corrected chi connectivity index (χ4v) is 8.34. The Labute approximate surface area is 341 Å². The molecule has 2 heterocycles. The van der Waals surface area contributed by atoms with Gasteiger partial charge in [-0.05, 0) is 73.5 Å². The zero-order chi connectivity index (χ0) is 39.1. The maximum atomic E-state index is 6.14. The highest BCUT2D eigenvalue weighted by atomic mass is 16.3. The molecule has 0 N–H and O–H groups in total. The molecular formula is C55H35N3O. The lowest BCUT2D eigenvalue weighted by Crippen LogP contribution is -2.02. The van der Waals surface area contributed by atoms with Crippen LogP contribution < -0.4 is 0 Å². The van der Waals surface area contributed by atoms with E-state index in [1.54, 1.807) is 0 Å². The van der Waals surface area contributed by atoms with Crippen molar-refractivity contribution in [3.8, 4) is 78.7 Å². The van der Waals surface area contributed by atoms with Gasteiger partial charge in [0.25, 0.3) is 0 Å². The number of rotatable bonds is 7. The second kappa shape index (κ2) is 14.5. The molecule has 0 radical (unpaired) electrons. The summed E-state index contributed by atoms with van der Waals surface area (Å²) in [5.41, 5.74) is 13.6. The van der Waals surface area contributed by atoms with E-state index in [0.29, 0.717) is 17.5 Å². The Morgan fingerprint density at radius 1 is 0.237 bits per heavy atom. The Morgan fingerprint density at radius 2 is 0.644 bits per heavy atom. The number of nitrogens with zero attached hydrogens (tertiary/aromatic N) is 3. The summed E-state index contributed by atoms with van der Waals surface area (Å²) in [6, 6.07) is 74.0. The zero-order valence-electron chi connectivity index (χ0n) is 32.0. The van der Waals surface area contributed by atoms with Crippen molar-refractivity contribution >= 4 is 32.7 Å². The average Bonchev–Trinajstić information content (AvgIpc) is 3.70. The Morgan fingerprint density at radius 3 is 1.24 bits per heavy atom. The van der Waals surface area contributed by atoms with Crippen molar-refractivity contribution in [2.75, 3.05) is 0 Å². The molecule has 0 atom stereocenters. The van der Waals surface area contributed by atoms with Crippen LogP contribution in [0.5, 0.6) is 0 Å². The number of aromatic nitrogens is 3. The zero-order valence-corrected chi connectivity index (χ0v) is 32.0. The molecule has 0 fully saturated rings. The summed E-state index contributed by atoms with van der Waals surface area (Å²) in [5.74, 6) is 1.86. The van der Waals surface area contributed by atoms with Gasteiger partial charge in [-0.25, -0.2) is 15.0 Å². The van der Waals surface area contributed by atoms with Gasteiger partial charge in [0, 0.05) is 27.5 Å². The number of fused-ring (bicyclic) bond motifs is 4. The maximum absolute atomic E-state index is 6.14. The lowest BCUT2D eigenvalue weighted by atomic mass is 9.91. The molecule has 0 aliphatic heterocycles. The SMILES string of the molecule is c1ccc(-c2ccccc2-c2nc(-c3ccc(-c4ccc(-c5ccc6oc7ccccc7c6c5)c5ccccc45)cc3)nc(-c3ccccc3-c3ccccc3)n2)cc1. The summed E-state index contributed by atoms with van der Waals surface area (Å²) in [6.45, 7) is 0. The Kier molecular flexibility index (Phi) is 8.45. The van der Waals surface area contributed by atoms with Gasteiger partial charge in [-0.1, -0.05) is 194 Å². The minimum Gasteiger partial charge on any atom is -0.456 e. The normalized spacial score (nSPS) is 11.4. The molecule has 276 valence electrons. The molecular weight excluding hydrogens is 719 g/mol. The van der Waals surface area contributed by atoms with Crippen molar-refractivity contribution in [3.63, 3.8) is 0 Å². The molecule has 0 aliphatic carbocycles. The molecule has 0 unspecified atom stereocenters. The third-order valence-electron chi connectivity index (χ3n) is 11.2. The van der Waals surface area contributed by atoms with Crippen molar-refractivity contribution in [2.45, 2.75) is 0 Å². The van der Waals surface area contributed by atoms with E-state index in [9.17, 15) is 0 Å². The first-order valence-corrected chi connectivity index (χ1v) is 19.9. The van der Waals surface area contributed by atoms with Crippen LogP contribution in [0.1, 0.15) is 0 Å². The van der Waals surface area contributed by atoms with Gasteiger partial charge in [0.2, 0.25) is 0 Å². The third kappa shape index (κ3) is 6.24. The summed E-state index contributed by atoms with van der Waals surface area (Å²) in [7, 11) is 0. The van der Waals surface area contributed by atoms with Gasteiger partial charge in [0.15, 0.2) is 17.5 Å². The van der Waals surface area contributed by atoms with E-state index >= 15 is 0 Å². The fraction of sp³-hybridized carbons (Fsp3) is 0. The molecule has 11 rings (SSSR count). The van der Waals surface area contributed by atoms with E-state index in [1.165, 1.54) is 16.3 Å². The molecule has 0 amide bonds. The maximum Gasteiger partial charge on any atom is 0.164 e. The standard InChI is InChI=1S/C55H35N3O/c1-3-15-36(16-4-1)41-19-7-11-24-48(41)54-56-53(57-55(58-54)49-25-12-8-20-42(49)37-17-5-2-6-18-37)39-29-27-38(28-30-39)43-32-33-44(46-22-10-9-21-45(43)46)40-31-34-52-50(35-40)47-23-13-14-26-51(47)59-52/h1-35H. The monoisotopic (exact) mass is 753 g/mol. The number of furan rings is 1. The van der Waals surface area contributed by atoms with E-state index in [0.717, 1.165) is 77.6 Å². The van der Waals surface area contributed by atoms with E-state index in [4.69, 9.17) is 19.4 Å². The van der Waals surface area contributed by atoms with Crippen molar-refractivity contribution in [1.82, 2.24) is 15.0 Å². The fourth-order valence-electron chi connectivity index (χ4n) is 8.34. The number of hydrogen-bond donors (Lipinski definition) is 0. The largest absolute Gasteiger partial charge is 0.456 e. The summed E-state index contributed by atoms with van der Waals surface area (Å²) < 4.78 is 6.14. The lowest BCUT2D eigenvalue weighted by Gasteiger charge is -2.14. The molecule has 59 heavy (non-hydrogen) atoms. The predicted molar refractivity (Wildman–Crippen MR) is 243 cm³/mol. The van der Waals surface area contributed by atoms with Gasteiger partial charge in [0.1, 0.15) is 11.2 Å². The third-order valence-corrected chi connectivity index (χ3v) is 11.2. The van der Waals surface area contributed by atoms with E-state index in [2.05, 4.69) is 176 Å². The summed E-state index contributed by atoms with van der Waals surface area (Å²) in [4.78, 5) is 15.6. The molecule has 0 spiro atoms. The van der Waals surface area contributed by atoms with Crippen molar-refractivity contribution in [2.24, 2.45) is 0 Å². The molecule has 0 aliphatic rings. The molecule has 11 aromatic rings. The average molecular weight is 754 g/mol. The summed E-state index contributed by atoms with van der Waals surface area (Å²) in [6.07, 6.45) is 0. The minimum absolute atomic E-state index is 0.615. The summed E-state index contributed by atoms with van der Waals surface area (Å²) >= 11 is 0. The quantitative estimate of drug-likeness (QED) is 0.163. The molecule has 0 saturated heterocycles. The van der Waals surface area contributed by atoms with Gasteiger partial charge in [-0.15, -0.1) is 0 Å². The van der Waals surface area contributed by atoms with Crippen molar-refractivity contribution in [1.29, 1.82) is 0 Å². The number of hydrogen-bond acceptors (Lipinski definition) is 4. The van der Waals surface area contributed by atoms with Crippen molar-refractivity contribution < 1.29 is 4.42 Å². The van der Waals surface area contributed by atoms with Crippen LogP contribution in [0.25, 0.3) is 111 Å². The Hall–Kier alpha value is -7.95. The molecule has 9 aromatic carbocycles. The van der Waals surface area contributed by atoms with Gasteiger partial charge in [-0.3, -0.25) is 0 Å². The highest BCUT2D eigenvalue weighted by Crippen LogP contribution is 2.40. The Balaban J connectivity index is 1.02. The van der Waals surface area contributed by atoms with Gasteiger partial charge < -0.3 is 4.42 Å². The smallest absolute Gasteiger partial charge is 0.164 e. The molecule has 0 bridgehead atoms. The second-order valence-electron chi connectivity index (χ2n) is 14.7. The van der Waals surface area contributed by atoms with Gasteiger partial charge in [0.05, 0.1) is 0 Å². The van der Waals surface area contributed by atoms with E-state index in [-0.39, 0.29) is 0 Å². The predicted octanol–water partition coefficient (Wildman–Crippen LogP) is 14.6. The first-order valence-electron chi connectivity index (χ1n) is 19.9. The van der Waals surface area contributed by atoms with Crippen LogP contribution in [0.2, 0.25) is 0 Å². The van der Waals surface area contributed by atoms with Crippen LogP contribution in [0, 0.1) is 0 Å². The van der Waals surface area contributed by atoms with Crippen molar-refractivity contribution in [3.05, 3.63) is 212 Å². The van der Waals surface area contributed by atoms with Crippen LogP contribution in [0.4, 0.5) is 0 Å². The molecule has 2 aromatic heterocycles. The topological polar surface area (TPSA) is 51.8 Å². The number of benzene rings is 9. The lowest BCUT2D eigenvalue weighted by molar-refractivity contribution is 0.669. The second-order valence-corrected chi connectivity index (χ2v) is 14.7. The van der Waals surface area contributed by atoms with E-state index < -0.39 is 0 Å². The highest BCUT2D eigenvalue weighted by molar-refractivity contribution is 6.09. The van der Waals surface area contributed by atoms with Crippen LogP contribution in [-0.2, 0) is 0 Å². The van der Waals surface area contributed by atoms with Gasteiger partial charge in [-0.2, -0.15) is 0 Å². The van der Waals surface area contributed by atoms with Crippen LogP contribution >= 0.6 is 0 Å². The molecule has 4 heteroatoms. The first-order chi connectivity index (χ1) is 29.2. The molecule has 4 nitrogen and oxygen atoms in total. The van der Waals surface area contributed by atoms with Crippen LogP contribution in [0.15, 0.2) is 217 Å². The van der Waals surface area contributed by atoms with E-state index in [1.807, 2.05) is 36.4 Å².